The van der Waals surface area contributed by atoms with Gasteiger partial charge in [0.2, 0.25) is 0 Å². The first-order chi connectivity index (χ1) is 8.68. The lowest BCUT2D eigenvalue weighted by Gasteiger charge is -2.41. The fraction of sp³-hybridized carbons (Fsp3) is 1.00. The zero-order valence-corrected chi connectivity index (χ0v) is 12.3. The van der Waals surface area contributed by atoms with Crippen molar-refractivity contribution >= 4 is 0 Å². The molecule has 3 nitrogen and oxygen atoms in total. The van der Waals surface area contributed by atoms with E-state index in [2.05, 4.69) is 31.0 Å². The molecule has 4 unspecified atom stereocenters. The summed E-state index contributed by atoms with van der Waals surface area (Å²) < 4.78 is 5.64. The second-order valence-electron chi connectivity index (χ2n) is 6.24. The average Bonchev–Trinajstić information content (AvgIpc) is 2.85. The summed E-state index contributed by atoms with van der Waals surface area (Å²) >= 11 is 0. The number of piperidine rings is 1. The monoisotopic (exact) mass is 254 g/mol. The minimum Gasteiger partial charge on any atom is -0.377 e. The molecular formula is C15H30N2O. The van der Waals surface area contributed by atoms with E-state index < -0.39 is 0 Å². The molecule has 3 heteroatoms. The van der Waals surface area contributed by atoms with Crippen LogP contribution in [0.25, 0.3) is 0 Å². The first-order valence-electron chi connectivity index (χ1n) is 7.76. The van der Waals surface area contributed by atoms with Crippen LogP contribution in [0.15, 0.2) is 0 Å². The van der Waals surface area contributed by atoms with Gasteiger partial charge in [0, 0.05) is 31.8 Å². The highest BCUT2D eigenvalue weighted by Gasteiger charge is 2.27. The zero-order valence-electron chi connectivity index (χ0n) is 12.3. The summed E-state index contributed by atoms with van der Waals surface area (Å²) in [6.07, 6.45) is 5.70. The van der Waals surface area contributed by atoms with Gasteiger partial charge < -0.3 is 10.1 Å². The number of nitrogens with zero attached hydrogens (tertiary/aromatic N) is 1. The van der Waals surface area contributed by atoms with Gasteiger partial charge in [0.05, 0.1) is 6.10 Å². The molecule has 0 aliphatic carbocycles. The van der Waals surface area contributed by atoms with Crippen molar-refractivity contribution < 1.29 is 4.74 Å². The molecule has 1 N–H and O–H groups in total. The van der Waals surface area contributed by atoms with E-state index in [4.69, 9.17) is 4.74 Å². The third-order valence-corrected chi connectivity index (χ3v) is 4.82. The summed E-state index contributed by atoms with van der Waals surface area (Å²) in [4.78, 5) is 2.68. The molecule has 106 valence electrons. The molecule has 0 spiro atoms. The van der Waals surface area contributed by atoms with E-state index in [0.717, 1.165) is 31.7 Å². The fourth-order valence-electron chi connectivity index (χ4n) is 3.37. The van der Waals surface area contributed by atoms with Gasteiger partial charge in [-0.05, 0) is 52.0 Å². The number of hydrogen-bond acceptors (Lipinski definition) is 3. The number of hydrogen-bond donors (Lipinski definition) is 1. The van der Waals surface area contributed by atoms with Gasteiger partial charge in [-0.2, -0.15) is 0 Å². The van der Waals surface area contributed by atoms with Gasteiger partial charge in [-0.3, -0.25) is 4.90 Å². The van der Waals surface area contributed by atoms with E-state index in [1.165, 1.54) is 32.2 Å². The molecule has 0 amide bonds. The molecule has 2 aliphatic heterocycles. The summed E-state index contributed by atoms with van der Waals surface area (Å²) in [5.41, 5.74) is 0. The van der Waals surface area contributed by atoms with Crippen LogP contribution in [0.1, 0.15) is 46.5 Å². The summed E-state index contributed by atoms with van der Waals surface area (Å²) in [5.74, 6) is 0.847. The number of nitrogens with one attached hydrogen (secondary N) is 1. The Labute approximate surface area is 112 Å². The van der Waals surface area contributed by atoms with E-state index in [1.807, 2.05) is 0 Å². The van der Waals surface area contributed by atoms with Crippen molar-refractivity contribution in [2.24, 2.45) is 5.92 Å². The van der Waals surface area contributed by atoms with Gasteiger partial charge >= 0.3 is 0 Å². The first kappa shape index (κ1) is 14.3. The summed E-state index contributed by atoms with van der Waals surface area (Å²) in [6, 6.07) is 1.38. The maximum Gasteiger partial charge on any atom is 0.0700 e. The van der Waals surface area contributed by atoms with Gasteiger partial charge in [0.1, 0.15) is 0 Å². The van der Waals surface area contributed by atoms with Crippen molar-refractivity contribution in [3.8, 4) is 0 Å². The van der Waals surface area contributed by atoms with Gasteiger partial charge in [0.25, 0.3) is 0 Å². The van der Waals surface area contributed by atoms with Crippen molar-refractivity contribution in [3.05, 3.63) is 0 Å². The van der Waals surface area contributed by atoms with Crippen molar-refractivity contribution in [2.45, 2.75) is 64.6 Å². The fourth-order valence-corrected chi connectivity index (χ4v) is 3.37. The number of rotatable bonds is 5. The van der Waals surface area contributed by atoms with Crippen molar-refractivity contribution in [1.29, 1.82) is 0 Å². The maximum absolute atomic E-state index is 5.64. The summed E-state index contributed by atoms with van der Waals surface area (Å²) in [5, 5.41) is 3.59. The highest BCUT2D eigenvalue weighted by atomic mass is 16.5. The highest BCUT2D eigenvalue weighted by molar-refractivity contribution is 4.83. The molecule has 2 rings (SSSR count). The van der Waals surface area contributed by atoms with Crippen molar-refractivity contribution in [2.75, 3.05) is 26.2 Å². The normalized spacial score (nSPS) is 35.8. The molecule has 0 aromatic rings. The highest BCUT2D eigenvalue weighted by Crippen LogP contribution is 2.24. The van der Waals surface area contributed by atoms with Gasteiger partial charge in [-0.15, -0.1) is 0 Å². The van der Waals surface area contributed by atoms with Crippen LogP contribution in [0.3, 0.4) is 0 Å². The zero-order chi connectivity index (χ0) is 13.0. The molecule has 0 radical (unpaired) electrons. The molecule has 0 aromatic carbocycles. The van der Waals surface area contributed by atoms with E-state index >= 15 is 0 Å². The summed E-state index contributed by atoms with van der Waals surface area (Å²) in [7, 11) is 0. The van der Waals surface area contributed by atoms with Crippen LogP contribution >= 0.6 is 0 Å². The molecule has 0 bridgehead atoms. The van der Waals surface area contributed by atoms with Crippen LogP contribution in [0.2, 0.25) is 0 Å². The Morgan fingerprint density at radius 2 is 2.11 bits per heavy atom. The van der Waals surface area contributed by atoms with Crippen LogP contribution in [0.4, 0.5) is 0 Å². The molecular weight excluding hydrogens is 224 g/mol. The molecule has 0 saturated carbocycles. The average molecular weight is 254 g/mol. The Balaban J connectivity index is 1.68. The maximum atomic E-state index is 5.64. The Morgan fingerprint density at radius 3 is 2.83 bits per heavy atom. The van der Waals surface area contributed by atoms with Crippen LogP contribution < -0.4 is 5.32 Å². The molecule has 2 aliphatic rings. The topological polar surface area (TPSA) is 24.5 Å². The summed E-state index contributed by atoms with van der Waals surface area (Å²) in [6.45, 7) is 11.5. The molecule has 0 aromatic heterocycles. The van der Waals surface area contributed by atoms with Crippen LogP contribution in [-0.4, -0.2) is 49.3 Å². The predicted molar refractivity (Wildman–Crippen MR) is 75.9 cm³/mol. The largest absolute Gasteiger partial charge is 0.377 e. The van der Waals surface area contributed by atoms with Crippen LogP contribution in [0.5, 0.6) is 0 Å². The molecule has 4 atom stereocenters. The predicted octanol–water partition coefficient (Wildman–Crippen LogP) is 2.26. The second kappa shape index (κ2) is 6.88. The van der Waals surface area contributed by atoms with Crippen LogP contribution in [-0.2, 0) is 4.74 Å². The smallest absolute Gasteiger partial charge is 0.0700 e. The molecule has 2 saturated heterocycles. The molecule has 2 heterocycles. The Kier molecular flexibility index (Phi) is 5.46. The van der Waals surface area contributed by atoms with Crippen molar-refractivity contribution in [1.82, 2.24) is 10.2 Å². The first-order valence-corrected chi connectivity index (χ1v) is 7.76. The Bertz CT molecular complexity index is 241. The third kappa shape index (κ3) is 3.69. The van der Waals surface area contributed by atoms with Gasteiger partial charge in [0.15, 0.2) is 0 Å². The SMILES string of the molecule is CC1CCCN(C(C)CNCC2CCCO2)C1C. The lowest BCUT2D eigenvalue weighted by atomic mass is 9.91. The van der Waals surface area contributed by atoms with Gasteiger partial charge in [-0.25, -0.2) is 0 Å². The van der Waals surface area contributed by atoms with E-state index in [9.17, 15) is 0 Å². The Hall–Kier alpha value is -0.120. The van der Waals surface area contributed by atoms with Crippen molar-refractivity contribution in [3.63, 3.8) is 0 Å². The van der Waals surface area contributed by atoms with Crippen LogP contribution in [0, 0.1) is 5.92 Å². The minimum absolute atomic E-state index is 0.468. The van der Waals surface area contributed by atoms with E-state index in [1.54, 1.807) is 0 Å². The second-order valence-corrected chi connectivity index (χ2v) is 6.24. The number of likely N-dealkylation sites (tertiary alicyclic amines) is 1. The standard InChI is InChI=1S/C15H30N2O/c1-12-6-4-8-17(14(12)3)13(2)10-16-11-15-7-5-9-18-15/h12-16H,4-11H2,1-3H3. The molecule has 18 heavy (non-hydrogen) atoms. The van der Waals surface area contributed by atoms with E-state index in [-0.39, 0.29) is 0 Å². The lowest BCUT2D eigenvalue weighted by Crippen LogP contribution is -2.51. The quantitative estimate of drug-likeness (QED) is 0.814. The minimum atomic E-state index is 0.468. The van der Waals surface area contributed by atoms with Gasteiger partial charge in [-0.1, -0.05) is 6.92 Å². The Morgan fingerprint density at radius 1 is 1.28 bits per heavy atom. The van der Waals surface area contributed by atoms with E-state index in [0.29, 0.717) is 12.1 Å². The number of ether oxygens (including phenoxy) is 1. The third-order valence-electron chi connectivity index (χ3n) is 4.82. The molecule has 2 fully saturated rings. The lowest BCUT2D eigenvalue weighted by molar-refractivity contribution is 0.0702.